The molecule has 0 unspecified atom stereocenters. The van der Waals surface area contributed by atoms with Gasteiger partial charge < -0.3 is 15.4 Å². The molecule has 0 bridgehead atoms. The number of piperidine rings is 1. The molecule has 0 aromatic rings. The SMILES string of the molecule is CNC(=O)OC(=O)C1CCNCC1. The Morgan fingerprint density at radius 1 is 1.38 bits per heavy atom. The summed E-state index contributed by atoms with van der Waals surface area (Å²) < 4.78 is 4.52. The van der Waals surface area contributed by atoms with Gasteiger partial charge in [0, 0.05) is 7.05 Å². The summed E-state index contributed by atoms with van der Waals surface area (Å²) in [5, 5.41) is 5.37. The third-order valence-electron chi connectivity index (χ3n) is 2.07. The van der Waals surface area contributed by atoms with Crippen molar-refractivity contribution >= 4 is 12.1 Å². The molecule has 5 heteroatoms. The number of hydrogen-bond acceptors (Lipinski definition) is 4. The number of nitrogens with one attached hydrogen (secondary N) is 2. The minimum absolute atomic E-state index is 0.126. The highest BCUT2D eigenvalue weighted by Gasteiger charge is 2.23. The number of amides is 1. The predicted octanol–water partition coefficient (Wildman–Crippen LogP) is -0.131. The van der Waals surface area contributed by atoms with Crippen LogP contribution >= 0.6 is 0 Å². The van der Waals surface area contributed by atoms with Gasteiger partial charge >= 0.3 is 12.1 Å². The molecule has 1 aliphatic rings. The van der Waals surface area contributed by atoms with Gasteiger partial charge in [0.25, 0.3) is 0 Å². The van der Waals surface area contributed by atoms with Gasteiger partial charge in [0.15, 0.2) is 0 Å². The molecule has 1 rings (SSSR count). The van der Waals surface area contributed by atoms with Crippen molar-refractivity contribution in [2.45, 2.75) is 12.8 Å². The topological polar surface area (TPSA) is 67.4 Å². The highest BCUT2D eigenvalue weighted by Crippen LogP contribution is 2.13. The summed E-state index contributed by atoms with van der Waals surface area (Å²) >= 11 is 0. The van der Waals surface area contributed by atoms with Crippen molar-refractivity contribution in [3.05, 3.63) is 0 Å². The van der Waals surface area contributed by atoms with Crippen LogP contribution in [0.15, 0.2) is 0 Å². The van der Waals surface area contributed by atoms with E-state index in [1.54, 1.807) is 0 Å². The van der Waals surface area contributed by atoms with E-state index in [1.165, 1.54) is 7.05 Å². The summed E-state index contributed by atoms with van der Waals surface area (Å²) in [6.45, 7) is 1.63. The number of carbonyl (C=O) groups is 2. The highest BCUT2D eigenvalue weighted by atomic mass is 16.6. The molecular weight excluding hydrogens is 172 g/mol. The molecule has 5 nitrogen and oxygen atoms in total. The molecule has 1 fully saturated rings. The van der Waals surface area contributed by atoms with Crippen LogP contribution in [0.3, 0.4) is 0 Å². The third kappa shape index (κ3) is 3.02. The fourth-order valence-electron chi connectivity index (χ4n) is 1.28. The van der Waals surface area contributed by atoms with E-state index in [2.05, 4.69) is 15.4 Å². The first-order valence-corrected chi connectivity index (χ1v) is 4.38. The molecule has 1 saturated heterocycles. The van der Waals surface area contributed by atoms with Gasteiger partial charge in [-0.15, -0.1) is 0 Å². The van der Waals surface area contributed by atoms with Gasteiger partial charge in [0.1, 0.15) is 0 Å². The number of esters is 1. The Morgan fingerprint density at radius 2 is 2.00 bits per heavy atom. The molecule has 13 heavy (non-hydrogen) atoms. The first-order chi connectivity index (χ1) is 6.24. The predicted molar refractivity (Wildman–Crippen MR) is 46.1 cm³/mol. The van der Waals surface area contributed by atoms with E-state index in [9.17, 15) is 9.59 Å². The molecule has 0 saturated carbocycles. The Hall–Kier alpha value is -1.10. The number of alkyl carbamates (subject to hydrolysis) is 1. The average Bonchev–Trinajstić information content (AvgIpc) is 2.19. The minimum atomic E-state index is -0.677. The molecule has 1 heterocycles. The Bertz CT molecular complexity index is 200. The zero-order chi connectivity index (χ0) is 9.68. The van der Waals surface area contributed by atoms with Gasteiger partial charge in [0.05, 0.1) is 5.92 Å². The smallest absolute Gasteiger partial charge is 0.376 e. The molecular formula is C8H14N2O3. The molecule has 0 radical (unpaired) electrons. The van der Waals surface area contributed by atoms with Crippen LogP contribution < -0.4 is 10.6 Å². The van der Waals surface area contributed by atoms with Gasteiger partial charge in [-0.2, -0.15) is 0 Å². The summed E-state index contributed by atoms with van der Waals surface area (Å²) in [5.74, 6) is -0.542. The molecule has 1 aliphatic heterocycles. The third-order valence-corrected chi connectivity index (χ3v) is 2.07. The zero-order valence-corrected chi connectivity index (χ0v) is 7.63. The van der Waals surface area contributed by atoms with Gasteiger partial charge in [-0.1, -0.05) is 0 Å². The Labute approximate surface area is 76.8 Å². The molecule has 1 amide bonds. The van der Waals surface area contributed by atoms with Crippen LogP contribution in [0.2, 0.25) is 0 Å². The molecule has 2 N–H and O–H groups in total. The van der Waals surface area contributed by atoms with E-state index in [0.29, 0.717) is 0 Å². The Morgan fingerprint density at radius 3 is 2.54 bits per heavy atom. The van der Waals surface area contributed by atoms with Gasteiger partial charge in [-0.25, -0.2) is 4.79 Å². The van der Waals surface area contributed by atoms with Crippen molar-refractivity contribution < 1.29 is 14.3 Å². The number of ether oxygens (including phenoxy) is 1. The molecule has 0 aromatic heterocycles. The maximum absolute atomic E-state index is 11.3. The molecule has 0 spiro atoms. The maximum Gasteiger partial charge on any atom is 0.414 e. The van der Waals surface area contributed by atoms with E-state index in [0.717, 1.165) is 25.9 Å². The lowest BCUT2D eigenvalue weighted by atomic mass is 9.99. The van der Waals surface area contributed by atoms with Crippen LogP contribution in [-0.2, 0) is 9.53 Å². The summed E-state index contributed by atoms with van der Waals surface area (Å²) in [5.41, 5.74) is 0. The second kappa shape index (κ2) is 4.81. The monoisotopic (exact) mass is 186 g/mol. The Kier molecular flexibility index (Phi) is 3.70. The fraction of sp³-hybridized carbons (Fsp3) is 0.750. The van der Waals surface area contributed by atoms with E-state index < -0.39 is 12.1 Å². The van der Waals surface area contributed by atoms with Gasteiger partial charge in [-0.05, 0) is 25.9 Å². The van der Waals surface area contributed by atoms with Gasteiger partial charge in [0.2, 0.25) is 0 Å². The minimum Gasteiger partial charge on any atom is -0.376 e. The second-order valence-electron chi connectivity index (χ2n) is 2.98. The first kappa shape index (κ1) is 9.98. The van der Waals surface area contributed by atoms with E-state index in [1.807, 2.05) is 0 Å². The van der Waals surface area contributed by atoms with Crippen LogP contribution in [-0.4, -0.2) is 32.2 Å². The van der Waals surface area contributed by atoms with Crippen LogP contribution in [0, 0.1) is 5.92 Å². The zero-order valence-electron chi connectivity index (χ0n) is 7.63. The summed E-state index contributed by atoms with van der Waals surface area (Å²) in [7, 11) is 1.43. The average molecular weight is 186 g/mol. The quantitative estimate of drug-likeness (QED) is 0.442. The lowest BCUT2D eigenvalue weighted by Gasteiger charge is -2.20. The molecule has 74 valence electrons. The van der Waals surface area contributed by atoms with Crippen molar-refractivity contribution in [3.63, 3.8) is 0 Å². The second-order valence-corrected chi connectivity index (χ2v) is 2.98. The number of rotatable bonds is 1. The van der Waals surface area contributed by atoms with E-state index in [-0.39, 0.29) is 5.92 Å². The Balaban J connectivity index is 2.33. The van der Waals surface area contributed by atoms with Gasteiger partial charge in [-0.3, -0.25) is 4.79 Å². The van der Waals surface area contributed by atoms with E-state index >= 15 is 0 Å². The lowest BCUT2D eigenvalue weighted by Crippen LogP contribution is -2.35. The van der Waals surface area contributed by atoms with Crippen LogP contribution in [0.1, 0.15) is 12.8 Å². The van der Waals surface area contributed by atoms with Crippen LogP contribution in [0.25, 0.3) is 0 Å². The normalized spacial score (nSPS) is 17.9. The van der Waals surface area contributed by atoms with Crippen molar-refractivity contribution in [3.8, 4) is 0 Å². The highest BCUT2D eigenvalue weighted by molar-refractivity contribution is 5.85. The number of hydrogen-bond donors (Lipinski definition) is 2. The fourth-order valence-corrected chi connectivity index (χ4v) is 1.28. The molecule has 0 aliphatic carbocycles. The van der Waals surface area contributed by atoms with E-state index in [4.69, 9.17) is 0 Å². The number of carbonyl (C=O) groups excluding carboxylic acids is 2. The van der Waals surface area contributed by atoms with Crippen molar-refractivity contribution in [2.24, 2.45) is 5.92 Å². The molecule has 0 aromatic carbocycles. The summed E-state index contributed by atoms with van der Waals surface area (Å²) in [6.07, 6.45) is 0.814. The van der Waals surface area contributed by atoms with Crippen LogP contribution in [0.4, 0.5) is 4.79 Å². The largest absolute Gasteiger partial charge is 0.414 e. The van der Waals surface area contributed by atoms with Crippen molar-refractivity contribution in [1.29, 1.82) is 0 Å². The maximum atomic E-state index is 11.3. The summed E-state index contributed by atoms with van der Waals surface area (Å²) in [6, 6.07) is 0. The summed E-state index contributed by atoms with van der Waals surface area (Å²) in [4.78, 5) is 22.0. The lowest BCUT2D eigenvalue weighted by molar-refractivity contribution is -0.142. The van der Waals surface area contributed by atoms with Crippen molar-refractivity contribution in [2.75, 3.05) is 20.1 Å². The first-order valence-electron chi connectivity index (χ1n) is 4.38. The standard InChI is InChI=1S/C8H14N2O3/c1-9-8(12)13-7(11)6-2-4-10-5-3-6/h6,10H,2-5H2,1H3,(H,9,12). The van der Waals surface area contributed by atoms with Crippen molar-refractivity contribution in [1.82, 2.24) is 10.6 Å². The molecule has 0 atom stereocenters. The van der Waals surface area contributed by atoms with Crippen LogP contribution in [0.5, 0.6) is 0 Å².